The van der Waals surface area contributed by atoms with Gasteiger partial charge in [-0.3, -0.25) is 4.79 Å². The van der Waals surface area contributed by atoms with Crippen molar-refractivity contribution in [3.05, 3.63) is 59.2 Å². The van der Waals surface area contributed by atoms with E-state index in [1.54, 1.807) is 0 Å². The molecular formula is C18H19NO3S. The molecule has 0 radical (unpaired) electrons. The molecule has 120 valence electrons. The van der Waals surface area contributed by atoms with Crippen LogP contribution in [-0.4, -0.2) is 20.6 Å². The Bertz CT molecular complexity index is 839. The Morgan fingerprint density at radius 2 is 1.61 bits per heavy atom. The molecule has 0 aliphatic heterocycles. The van der Waals surface area contributed by atoms with Crippen LogP contribution in [0.3, 0.4) is 0 Å². The first-order valence-corrected chi connectivity index (χ1v) is 9.56. The van der Waals surface area contributed by atoms with Crippen LogP contribution in [0.25, 0.3) is 0 Å². The average molecular weight is 329 g/mol. The molecule has 23 heavy (non-hydrogen) atoms. The van der Waals surface area contributed by atoms with E-state index in [9.17, 15) is 13.2 Å². The van der Waals surface area contributed by atoms with Crippen LogP contribution in [0.5, 0.6) is 0 Å². The minimum Gasteiger partial charge on any atom is -0.322 e. The highest BCUT2D eigenvalue weighted by atomic mass is 32.2. The van der Waals surface area contributed by atoms with E-state index in [4.69, 9.17) is 0 Å². The maximum atomic E-state index is 12.3. The molecule has 5 heteroatoms. The Morgan fingerprint density at radius 3 is 2.26 bits per heavy atom. The number of anilines is 1. The maximum Gasteiger partial charge on any atom is 0.255 e. The molecular weight excluding hydrogens is 310 g/mol. The van der Waals surface area contributed by atoms with Gasteiger partial charge in [0.2, 0.25) is 0 Å². The fourth-order valence-electron chi connectivity index (χ4n) is 2.87. The number of nitrogens with one attached hydrogen (secondary N) is 1. The van der Waals surface area contributed by atoms with Gasteiger partial charge in [0.05, 0.1) is 4.90 Å². The third kappa shape index (κ3) is 3.62. The third-order valence-corrected chi connectivity index (χ3v) is 5.28. The molecule has 4 nitrogen and oxygen atoms in total. The monoisotopic (exact) mass is 329 g/mol. The van der Waals surface area contributed by atoms with Crippen LogP contribution in [0.15, 0.2) is 47.4 Å². The summed E-state index contributed by atoms with van der Waals surface area (Å²) in [5.41, 5.74) is 3.89. The Morgan fingerprint density at radius 1 is 0.957 bits per heavy atom. The molecule has 0 saturated heterocycles. The van der Waals surface area contributed by atoms with Crippen molar-refractivity contribution in [1.82, 2.24) is 0 Å². The predicted octanol–water partition coefficient (Wildman–Crippen LogP) is 3.22. The lowest BCUT2D eigenvalue weighted by Gasteiger charge is -2.16. The van der Waals surface area contributed by atoms with Crippen LogP contribution in [0.1, 0.15) is 34.3 Å². The zero-order valence-corrected chi connectivity index (χ0v) is 13.8. The Labute approximate surface area is 136 Å². The van der Waals surface area contributed by atoms with Crippen molar-refractivity contribution >= 4 is 21.4 Å². The minimum atomic E-state index is -3.25. The van der Waals surface area contributed by atoms with E-state index < -0.39 is 9.84 Å². The van der Waals surface area contributed by atoms with Crippen molar-refractivity contribution in [3.63, 3.8) is 0 Å². The first kappa shape index (κ1) is 15.7. The van der Waals surface area contributed by atoms with Crippen molar-refractivity contribution in [1.29, 1.82) is 0 Å². The van der Waals surface area contributed by atoms with Gasteiger partial charge in [0.15, 0.2) is 9.84 Å². The molecule has 0 aromatic heterocycles. The van der Waals surface area contributed by atoms with Gasteiger partial charge < -0.3 is 5.32 Å². The third-order valence-electron chi connectivity index (χ3n) is 4.15. The van der Waals surface area contributed by atoms with Gasteiger partial charge in [-0.25, -0.2) is 8.42 Å². The molecule has 0 unspecified atom stereocenters. The van der Waals surface area contributed by atoms with E-state index in [0.29, 0.717) is 5.56 Å². The molecule has 1 N–H and O–H groups in total. The van der Waals surface area contributed by atoms with E-state index >= 15 is 0 Å². The molecule has 0 fully saturated rings. The van der Waals surface area contributed by atoms with Gasteiger partial charge in [0.25, 0.3) is 5.91 Å². The molecule has 0 bridgehead atoms. The largest absolute Gasteiger partial charge is 0.322 e. The highest BCUT2D eigenvalue weighted by molar-refractivity contribution is 7.90. The summed E-state index contributed by atoms with van der Waals surface area (Å²) in [7, 11) is -3.25. The normalized spacial score (nSPS) is 14.1. The molecule has 2 aromatic rings. The zero-order chi connectivity index (χ0) is 16.4. The van der Waals surface area contributed by atoms with Gasteiger partial charge in [-0.15, -0.1) is 0 Å². The molecule has 0 spiro atoms. The number of sulfone groups is 1. The summed E-state index contributed by atoms with van der Waals surface area (Å²) in [6, 6.07) is 12.0. The van der Waals surface area contributed by atoms with Crippen LogP contribution in [-0.2, 0) is 22.7 Å². The van der Waals surface area contributed by atoms with E-state index in [0.717, 1.165) is 24.8 Å². The fourth-order valence-corrected chi connectivity index (χ4v) is 3.50. The number of rotatable bonds is 3. The summed E-state index contributed by atoms with van der Waals surface area (Å²) in [6.45, 7) is 0. The quantitative estimate of drug-likeness (QED) is 0.940. The van der Waals surface area contributed by atoms with Crippen molar-refractivity contribution in [2.24, 2.45) is 0 Å². The molecule has 1 aliphatic rings. The summed E-state index contributed by atoms with van der Waals surface area (Å²) in [5, 5.41) is 2.88. The minimum absolute atomic E-state index is 0.211. The summed E-state index contributed by atoms with van der Waals surface area (Å²) in [4.78, 5) is 12.5. The van der Waals surface area contributed by atoms with Crippen LogP contribution >= 0.6 is 0 Å². The van der Waals surface area contributed by atoms with Crippen molar-refractivity contribution in [2.45, 2.75) is 30.6 Å². The number of benzene rings is 2. The smallest absolute Gasteiger partial charge is 0.255 e. The second-order valence-electron chi connectivity index (χ2n) is 5.94. The van der Waals surface area contributed by atoms with Crippen LogP contribution < -0.4 is 5.32 Å². The summed E-state index contributed by atoms with van der Waals surface area (Å²) in [6.07, 6.45) is 5.73. The van der Waals surface area contributed by atoms with Crippen molar-refractivity contribution < 1.29 is 13.2 Å². The van der Waals surface area contributed by atoms with E-state index in [-0.39, 0.29) is 10.8 Å². The lowest BCUT2D eigenvalue weighted by Crippen LogP contribution is -2.13. The van der Waals surface area contributed by atoms with Gasteiger partial charge in [0.1, 0.15) is 0 Å². The summed E-state index contributed by atoms with van der Waals surface area (Å²) >= 11 is 0. The predicted molar refractivity (Wildman–Crippen MR) is 90.6 cm³/mol. The first-order valence-electron chi connectivity index (χ1n) is 7.67. The molecule has 3 rings (SSSR count). The Balaban J connectivity index is 1.76. The number of hydrogen-bond acceptors (Lipinski definition) is 3. The number of fused-ring (bicyclic) bond motifs is 1. The number of aryl methyl sites for hydroxylation is 2. The lowest BCUT2D eigenvalue weighted by atomic mass is 9.91. The number of amides is 1. The maximum absolute atomic E-state index is 12.3. The van der Waals surface area contributed by atoms with Crippen LogP contribution in [0, 0.1) is 0 Å². The van der Waals surface area contributed by atoms with E-state index in [1.807, 2.05) is 12.1 Å². The number of hydrogen-bond donors (Lipinski definition) is 1. The van der Waals surface area contributed by atoms with E-state index in [1.165, 1.54) is 48.2 Å². The molecule has 1 aliphatic carbocycles. The average Bonchev–Trinajstić information content (AvgIpc) is 2.54. The van der Waals surface area contributed by atoms with Crippen molar-refractivity contribution in [2.75, 3.05) is 11.6 Å². The zero-order valence-electron chi connectivity index (χ0n) is 13.0. The Hall–Kier alpha value is -2.14. The van der Waals surface area contributed by atoms with Gasteiger partial charge in [-0.05, 0) is 73.2 Å². The summed E-state index contributed by atoms with van der Waals surface area (Å²) in [5.74, 6) is -0.235. The molecule has 2 aromatic carbocycles. The topological polar surface area (TPSA) is 63.2 Å². The number of carbonyl (C=O) groups is 1. The van der Waals surface area contributed by atoms with Gasteiger partial charge >= 0.3 is 0 Å². The lowest BCUT2D eigenvalue weighted by molar-refractivity contribution is 0.102. The van der Waals surface area contributed by atoms with E-state index in [2.05, 4.69) is 11.4 Å². The van der Waals surface area contributed by atoms with Gasteiger partial charge in [-0.1, -0.05) is 6.07 Å². The van der Waals surface area contributed by atoms with Crippen molar-refractivity contribution in [3.8, 4) is 0 Å². The molecule has 0 heterocycles. The fraction of sp³-hybridized carbons (Fsp3) is 0.278. The summed E-state index contributed by atoms with van der Waals surface area (Å²) < 4.78 is 22.9. The number of carbonyl (C=O) groups excluding carboxylic acids is 1. The Kier molecular flexibility index (Phi) is 4.22. The second-order valence-corrected chi connectivity index (χ2v) is 7.96. The molecule has 0 atom stereocenters. The first-order chi connectivity index (χ1) is 10.9. The van der Waals surface area contributed by atoms with Gasteiger partial charge in [0, 0.05) is 17.5 Å². The molecule has 0 saturated carbocycles. The van der Waals surface area contributed by atoms with Crippen LogP contribution in [0.4, 0.5) is 5.69 Å². The highest BCUT2D eigenvalue weighted by Gasteiger charge is 2.12. The standard InChI is InChI=1S/C18H19NO3S/c1-23(21,22)17-10-7-14(8-11-17)18(20)19-16-9-6-13-4-2-3-5-15(13)12-16/h6-12H,2-5H2,1H3,(H,19,20). The van der Waals surface area contributed by atoms with Gasteiger partial charge in [-0.2, -0.15) is 0 Å². The van der Waals surface area contributed by atoms with Crippen LogP contribution in [0.2, 0.25) is 0 Å². The SMILES string of the molecule is CS(=O)(=O)c1ccc(C(=O)Nc2ccc3c(c2)CCCC3)cc1. The molecule has 1 amide bonds. The second kappa shape index (κ2) is 6.16. The highest BCUT2D eigenvalue weighted by Crippen LogP contribution is 2.24.